The number of aryl methyl sites for hydroxylation is 3. The molecule has 0 aliphatic rings. The van der Waals surface area contributed by atoms with Gasteiger partial charge in [-0.25, -0.2) is 8.42 Å². The van der Waals surface area contributed by atoms with Crippen LogP contribution in [-0.4, -0.2) is 25.2 Å². The van der Waals surface area contributed by atoms with Crippen LogP contribution >= 0.6 is 23.2 Å². The Morgan fingerprint density at radius 2 is 1.47 bits per heavy atom. The first-order valence-corrected chi connectivity index (χ1v) is 12.1. The largest absolute Gasteiger partial charge is 0.322 e. The second-order valence-corrected chi connectivity index (χ2v) is 10.3. The van der Waals surface area contributed by atoms with Gasteiger partial charge in [0.2, 0.25) is 15.9 Å². The molecule has 0 radical (unpaired) electrons. The van der Waals surface area contributed by atoms with E-state index in [0.717, 1.165) is 11.1 Å². The molecule has 0 aromatic heterocycles. The second-order valence-electron chi connectivity index (χ2n) is 7.63. The SMILES string of the molecule is Cc1cc(C)c(S(=O)(=O)N(CC(=O)Nc2c(Cl)cccc2Cl)Cc2ccccc2)c(C)c1. The summed E-state index contributed by atoms with van der Waals surface area (Å²) in [6.07, 6.45) is 0. The van der Waals surface area contributed by atoms with E-state index in [1.54, 1.807) is 32.0 Å². The van der Waals surface area contributed by atoms with E-state index < -0.39 is 22.5 Å². The lowest BCUT2D eigenvalue weighted by molar-refractivity contribution is -0.116. The molecular formula is C24H24Cl2N2O3S. The van der Waals surface area contributed by atoms with Gasteiger partial charge in [-0.3, -0.25) is 4.79 Å². The van der Waals surface area contributed by atoms with Gasteiger partial charge in [-0.1, -0.05) is 77.3 Å². The number of anilines is 1. The molecule has 3 rings (SSSR count). The maximum atomic E-state index is 13.7. The lowest BCUT2D eigenvalue weighted by atomic mass is 10.1. The van der Waals surface area contributed by atoms with Crippen molar-refractivity contribution < 1.29 is 13.2 Å². The van der Waals surface area contributed by atoms with Crippen molar-refractivity contribution in [2.45, 2.75) is 32.2 Å². The highest BCUT2D eigenvalue weighted by atomic mass is 35.5. The average Bonchev–Trinajstić information content (AvgIpc) is 2.70. The van der Waals surface area contributed by atoms with Crippen molar-refractivity contribution in [1.29, 1.82) is 0 Å². The van der Waals surface area contributed by atoms with Crippen LogP contribution < -0.4 is 5.32 Å². The topological polar surface area (TPSA) is 66.5 Å². The predicted octanol–water partition coefficient (Wildman–Crippen LogP) is 5.75. The molecular weight excluding hydrogens is 467 g/mol. The number of carbonyl (C=O) groups excluding carboxylic acids is 1. The number of carbonyl (C=O) groups is 1. The molecule has 168 valence electrons. The van der Waals surface area contributed by atoms with E-state index in [9.17, 15) is 13.2 Å². The van der Waals surface area contributed by atoms with Crippen LogP contribution in [0.1, 0.15) is 22.3 Å². The van der Waals surface area contributed by atoms with Gasteiger partial charge in [-0.2, -0.15) is 4.31 Å². The Balaban J connectivity index is 1.98. The molecule has 0 bridgehead atoms. The summed E-state index contributed by atoms with van der Waals surface area (Å²) in [5.74, 6) is -0.540. The summed E-state index contributed by atoms with van der Waals surface area (Å²) < 4.78 is 28.6. The number of nitrogens with one attached hydrogen (secondary N) is 1. The minimum Gasteiger partial charge on any atom is -0.322 e. The Morgan fingerprint density at radius 3 is 2.03 bits per heavy atom. The van der Waals surface area contributed by atoms with Crippen LogP contribution in [0.25, 0.3) is 0 Å². The first-order chi connectivity index (χ1) is 15.1. The maximum Gasteiger partial charge on any atom is 0.244 e. The van der Waals surface area contributed by atoms with E-state index in [0.29, 0.717) is 11.1 Å². The van der Waals surface area contributed by atoms with Crippen molar-refractivity contribution in [2.24, 2.45) is 0 Å². The minimum absolute atomic E-state index is 0.0413. The zero-order valence-electron chi connectivity index (χ0n) is 18.0. The van der Waals surface area contributed by atoms with Crippen molar-refractivity contribution in [3.63, 3.8) is 0 Å². The molecule has 0 heterocycles. The Kier molecular flexibility index (Phi) is 7.62. The fraction of sp³-hybridized carbons (Fsp3) is 0.208. The quantitative estimate of drug-likeness (QED) is 0.458. The van der Waals surface area contributed by atoms with Crippen LogP contribution in [0.5, 0.6) is 0 Å². The number of hydrogen-bond acceptors (Lipinski definition) is 3. The lowest BCUT2D eigenvalue weighted by Crippen LogP contribution is -2.38. The monoisotopic (exact) mass is 490 g/mol. The summed E-state index contributed by atoms with van der Waals surface area (Å²) in [6, 6.07) is 17.6. The number of halogens is 2. The van der Waals surface area contributed by atoms with Crippen molar-refractivity contribution >= 4 is 44.8 Å². The van der Waals surface area contributed by atoms with Gasteiger partial charge < -0.3 is 5.32 Å². The molecule has 0 unspecified atom stereocenters. The fourth-order valence-electron chi connectivity index (χ4n) is 3.67. The molecule has 0 atom stereocenters. The summed E-state index contributed by atoms with van der Waals surface area (Å²) in [6.45, 7) is 5.08. The number of amides is 1. The normalized spacial score (nSPS) is 11.6. The maximum absolute atomic E-state index is 13.7. The third kappa shape index (κ3) is 5.51. The average molecular weight is 491 g/mol. The van der Waals surface area contributed by atoms with Gasteiger partial charge in [0.1, 0.15) is 0 Å². The molecule has 0 saturated carbocycles. The van der Waals surface area contributed by atoms with Gasteiger partial charge in [0.25, 0.3) is 0 Å². The number of para-hydroxylation sites is 1. The van der Waals surface area contributed by atoms with E-state index in [1.165, 1.54) is 4.31 Å². The zero-order chi connectivity index (χ0) is 23.5. The highest BCUT2D eigenvalue weighted by Crippen LogP contribution is 2.30. The van der Waals surface area contributed by atoms with E-state index in [1.807, 2.05) is 49.4 Å². The van der Waals surface area contributed by atoms with Crippen molar-refractivity contribution in [3.8, 4) is 0 Å². The van der Waals surface area contributed by atoms with E-state index >= 15 is 0 Å². The van der Waals surface area contributed by atoms with Crippen LogP contribution in [0.15, 0.2) is 65.6 Å². The van der Waals surface area contributed by atoms with Crippen LogP contribution in [-0.2, 0) is 21.4 Å². The molecule has 3 aromatic rings. The standard InChI is InChI=1S/C24H24Cl2N2O3S/c1-16-12-17(2)24(18(3)13-16)32(30,31)28(14-19-8-5-4-6-9-19)15-22(29)27-23-20(25)10-7-11-21(23)26/h4-13H,14-15H2,1-3H3,(H,27,29). The van der Waals surface area contributed by atoms with E-state index in [4.69, 9.17) is 23.2 Å². The van der Waals surface area contributed by atoms with Gasteiger partial charge in [0.15, 0.2) is 0 Å². The molecule has 5 nitrogen and oxygen atoms in total. The van der Waals surface area contributed by atoms with Crippen LogP contribution in [0, 0.1) is 20.8 Å². The van der Waals surface area contributed by atoms with Gasteiger partial charge in [-0.05, 0) is 49.6 Å². The number of sulfonamides is 1. The predicted molar refractivity (Wildman–Crippen MR) is 130 cm³/mol. The van der Waals surface area contributed by atoms with E-state index in [2.05, 4.69) is 5.32 Å². The second kappa shape index (κ2) is 10.0. The molecule has 3 aromatic carbocycles. The highest BCUT2D eigenvalue weighted by molar-refractivity contribution is 7.89. The smallest absolute Gasteiger partial charge is 0.244 e. The number of rotatable bonds is 7. The van der Waals surface area contributed by atoms with E-state index in [-0.39, 0.29) is 27.2 Å². The highest BCUT2D eigenvalue weighted by Gasteiger charge is 2.30. The molecule has 8 heteroatoms. The van der Waals surface area contributed by atoms with Gasteiger partial charge in [0, 0.05) is 6.54 Å². The molecule has 0 aliphatic heterocycles. The Morgan fingerprint density at radius 1 is 0.906 bits per heavy atom. The van der Waals surface area contributed by atoms with Crippen molar-refractivity contribution in [1.82, 2.24) is 4.31 Å². The zero-order valence-corrected chi connectivity index (χ0v) is 20.4. The molecule has 32 heavy (non-hydrogen) atoms. The molecule has 0 saturated heterocycles. The number of hydrogen-bond donors (Lipinski definition) is 1. The van der Waals surface area contributed by atoms with Crippen LogP contribution in [0.3, 0.4) is 0 Å². The Bertz CT molecular complexity index is 1200. The van der Waals surface area contributed by atoms with Crippen molar-refractivity contribution in [2.75, 3.05) is 11.9 Å². The molecule has 1 N–H and O–H groups in total. The number of benzene rings is 3. The summed E-state index contributed by atoms with van der Waals surface area (Å²) in [5.41, 5.74) is 3.26. The first kappa shape index (κ1) is 24.3. The van der Waals surface area contributed by atoms with Gasteiger partial charge in [-0.15, -0.1) is 0 Å². The third-order valence-corrected chi connectivity index (χ3v) is 7.68. The van der Waals surface area contributed by atoms with Crippen LogP contribution in [0.4, 0.5) is 5.69 Å². The summed E-state index contributed by atoms with van der Waals surface area (Å²) in [4.78, 5) is 13.1. The lowest BCUT2D eigenvalue weighted by Gasteiger charge is -2.24. The fourth-order valence-corrected chi connectivity index (χ4v) is 5.96. The van der Waals surface area contributed by atoms with Gasteiger partial charge >= 0.3 is 0 Å². The molecule has 1 amide bonds. The number of nitrogens with zero attached hydrogens (tertiary/aromatic N) is 1. The third-order valence-electron chi connectivity index (χ3n) is 4.95. The molecule has 0 fully saturated rings. The van der Waals surface area contributed by atoms with Crippen LogP contribution in [0.2, 0.25) is 10.0 Å². The summed E-state index contributed by atoms with van der Waals surface area (Å²) >= 11 is 12.3. The van der Waals surface area contributed by atoms with Crippen molar-refractivity contribution in [3.05, 3.63) is 93.0 Å². The minimum atomic E-state index is -3.98. The Hall–Kier alpha value is -2.38. The first-order valence-electron chi connectivity index (χ1n) is 9.95. The molecule has 0 aliphatic carbocycles. The molecule has 0 spiro atoms. The summed E-state index contributed by atoms with van der Waals surface area (Å²) in [7, 11) is -3.98. The summed E-state index contributed by atoms with van der Waals surface area (Å²) in [5, 5.41) is 3.19. The Labute approximate surface area is 199 Å². The van der Waals surface area contributed by atoms with Gasteiger partial charge in [0.05, 0.1) is 27.2 Å².